The summed E-state index contributed by atoms with van der Waals surface area (Å²) in [6.45, 7) is 3.04. The number of fused-ring (bicyclic) bond motifs is 2. The summed E-state index contributed by atoms with van der Waals surface area (Å²) in [6.07, 6.45) is 4.75. The maximum absolute atomic E-state index is 5.68. The van der Waals surface area contributed by atoms with Gasteiger partial charge >= 0.3 is 0 Å². The number of hydrogen-bond acceptors (Lipinski definition) is 2. The van der Waals surface area contributed by atoms with Crippen molar-refractivity contribution in [1.82, 2.24) is 0 Å². The van der Waals surface area contributed by atoms with E-state index in [4.69, 9.17) is 9.47 Å². The highest BCUT2D eigenvalue weighted by molar-refractivity contribution is 4.79. The second-order valence-corrected chi connectivity index (χ2v) is 3.32. The van der Waals surface area contributed by atoms with Gasteiger partial charge in [-0.05, 0) is 26.2 Å². The van der Waals surface area contributed by atoms with Crippen molar-refractivity contribution in [3.05, 3.63) is 0 Å². The van der Waals surface area contributed by atoms with E-state index >= 15 is 0 Å². The molecule has 0 aromatic heterocycles. The van der Waals surface area contributed by atoms with Gasteiger partial charge in [0.2, 0.25) is 0 Å². The monoisotopic (exact) mass is 142 g/mol. The Labute approximate surface area is 61.5 Å². The Morgan fingerprint density at radius 2 is 2.10 bits per heavy atom. The molecule has 2 rings (SSSR count). The predicted molar refractivity (Wildman–Crippen MR) is 37.9 cm³/mol. The van der Waals surface area contributed by atoms with Gasteiger partial charge in [0.05, 0.1) is 18.3 Å². The zero-order chi connectivity index (χ0) is 6.97. The normalized spacial score (nSPS) is 47.1. The molecule has 3 unspecified atom stereocenters. The largest absolute Gasteiger partial charge is 0.378 e. The summed E-state index contributed by atoms with van der Waals surface area (Å²) >= 11 is 0. The van der Waals surface area contributed by atoms with E-state index in [0.717, 1.165) is 25.9 Å². The molecule has 58 valence electrons. The van der Waals surface area contributed by atoms with Crippen molar-refractivity contribution >= 4 is 0 Å². The molecule has 2 saturated heterocycles. The van der Waals surface area contributed by atoms with Crippen LogP contribution in [0, 0.1) is 0 Å². The van der Waals surface area contributed by atoms with Crippen LogP contribution in [0.1, 0.15) is 26.2 Å². The van der Waals surface area contributed by atoms with Gasteiger partial charge in [-0.1, -0.05) is 0 Å². The lowest BCUT2D eigenvalue weighted by molar-refractivity contribution is -0.150. The average Bonchev–Trinajstić information content (AvgIpc) is 1.85. The molecule has 0 saturated carbocycles. The van der Waals surface area contributed by atoms with Crippen molar-refractivity contribution in [2.75, 3.05) is 6.61 Å². The van der Waals surface area contributed by atoms with Crippen molar-refractivity contribution in [2.24, 2.45) is 0 Å². The standard InChI is InChI=1S/C8H14O2/c1-6-4-8-5-7(10-6)2-3-9-8/h6-8H,2-5H2,1H3. The molecule has 0 N–H and O–H groups in total. The van der Waals surface area contributed by atoms with Gasteiger partial charge in [0.1, 0.15) is 0 Å². The van der Waals surface area contributed by atoms with Gasteiger partial charge in [-0.3, -0.25) is 0 Å². The number of ether oxygens (including phenoxy) is 2. The first-order chi connectivity index (χ1) is 4.84. The first-order valence-electron chi connectivity index (χ1n) is 4.11. The maximum Gasteiger partial charge on any atom is 0.0625 e. The Kier molecular flexibility index (Phi) is 1.66. The quantitative estimate of drug-likeness (QED) is 0.508. The summed E-state index contributed by atoms with van der Waals surface area (Å²) in [5.74, 6) is 0. The van der Waals surface area contributed by atoms with E-state index in [1.165, 1.54) is 0 Å². The highest BCUT2D eigenvalue weighted by Crippen LogP contribution is 2.27. The zero-order valence-electron chi connectivity index (χ0n) is 6.38. The van der Waals surface area contributed by atoms with Crippen LogP contribution in [0.25, 0.3) is 0 Å². The minimum atomic E-state index is 0.420. The maximum atomic E-state index is 5.68. The molecule has 2 aliphatic rings. The molecule has 2 fully saturated rings. The van der Waals surface area contributed by atoms with Crippen LogP contribution < -0.4 is 0 Å². The van der Waals surface area contributed by atoms with E-state index in [9.17, 15) is 0 Å². The molecular weight excluding hydrogens is 128 g/mol. The van der Waals surface area contributed by atoms with Crippen LogP contribution in [0.2, 0.25) is 0 Å². The number of rotatable bonds is 0. The second kappa shape index (κ2) is 2.51. The molecule has 0 aromatic rings. The van der Waals surface area contributed by atoms with Crippen LogP contribution in [0.15, 0.2) is 0 Å². The highest BCUT2D eigenvalue weighted by Gasteiger charge is 2.30. The molecule has 2 heteroatoms. The van der Waals surface area contributed by atoms with Crippen LogP contribution in [0.3, 0.4) is 0 Å². The predicted octanol–water partition coefficient (Wildman–Crippen LogP) is 1.34. The van der Waals surface area contributed by atoms with Crippen molar-refractivity contribution in [3.8, 4) is 0 Å². The van der Waals surface area contributed by atoms with Crippen LogP contribution in [0.5, 0.6) is 0 Å². The molecule has 2 aliphatic heterocycles. The van der Waals surface area contributed by atoms with E-state index in [0.29, 0.717) is 18.3 Å². The molecule has 2 bridgehead atoms. The topological polar surface area (TPSA) is 18.5 Å². The highest BCUT2D eigenvalue weighted by atomic mass is 16.5. The Hall–Kier alpha value is -0.0800. The summed E-state index contributed by atoms with van der Waals surface area (Å²) in [5.41, 5.74) is 0. The SMILES string of the molecule is CC1CC2CC(CCO2)O1. The fraction of sp³-hybridized carbons (Fsp3) is 1.00. The van der Waals surface area contributed by atoms with Crippen LogP contribution in [0.4, 0.5) is 0 Å². The Morgan fingerprint density at radius 3 is 2.90 bits per heavy atom. The average molecular weight is 142 g/mol. The van der Waals surface area contributed by atoms with Crippen molar-refractivity contribution in [2.45, 2.75) is 44.5 Å². The van der Waals surface area contributed by atoms with Crippen molar-refractivity contribution in [1.29, 1.82) is 0 Å². The van der Waals surface area contributed by atoms with E-state index in [-0.39, 0.29) is 0 Å². The fourth-order valence-electron chi connectivity index (χ4n) is 1.89. The third-order valence-electron chi connectivity index (χ3n) is 2.34. The molecule has 0 aromatic carbocycles. The third kappa shape index (κ3) is 1.18. The van der Waals surface area contributed by atoms with Gasteiger partial charge in [-0.2, -0.15) is 0 Å². The molecule has 2 heterocycles. The van der Waals surface area contributed by atoms with Gasteiger partial charge in [0, 0.05) is 6.61 Å². The van der Waals surface area contributed by atoms with E-state index in [1.807, 2.05) is 0 Å². The van der Waals surface area contributed by atoms with Crippen LogP contribution >= 0.6 is 0 Å². The number of hydrogen-bond donors (Lipinski definition) is 0. The first-order valence-corrected chi connectivity index (χ1v) is 4.11. The van der Waals surface area contributed by atoms with Gasteiger partial charge < -0.3 is 9.47 Å². The van der Waals surface area contributed by atoms with Crippen LogP contribution in [-0.2, 0) is 9.47 Å². The lowest BCUT2D eigenvalue weighted by Gasteiger charge is -2.37. The fourth-order valence-corrected chi connectivity index (χ4v) is 1.89. The molecule has 2 nitrogen and oxygen atoms in total. The molecular formula is C8H14O2. The summed E-state index contributed by atoms with van der Waals surface area (Å²) < 4.78 is 11.2. The Morgan fingerprint density at radius 1 is 1.20 bits per heavy atom. The Balaban J connectivity index is 1.98. The summed E-state index contributed by atoms with van der Waals surface area (Å²) in [6, 6.07) is 0. The lowest BCUT2D eigenvalue weighted by atomic mass is 9.97. The molecule has 0 radical (unpaired) electrons. The van der Waals surface area contributed by atoms with E-state index in [2.05, 4.69) is 6.92 Å². The molecule has 0 amide bonds. The van der Waals surface area contributed by atoms with E-state index < -0.39 is 0 Å². The molecule has 10 heavy (non-hydrogen) atoms. The molecule has 0 spiro atoms. The minimum absolute atomic E-state index is 0.420. The van der Waals surface area contributed by atoms with Gasteiger partial charge in [0.25, 0.3) is 0 Å². The van der Waals surface area contributed by atoms with Crippen molar-refractivity contribution in [3.63, 3.8) is 0 Å². The van der Waals surface area contributed by atoms with E-state index in [1.54, 1.807) is 0 Å². The molecule has 0 aliphatic carbocycles. The zero-order valence-corrected chi connectivity index (χ0v) is 6.38. The summed E-state index contributed by atoms with van der Waals surface area (Å²) in [4.78, 5) is 0. The van der Waals surface area contributed by atoms with Gasteiger partial charge in [0.15, 0.2) is 0 Å². The summed E-state index contributed by atoms with van der Waals surface area (Å²) in [7, 11) is 0. The van der Waals surface area contributed by atoms with Gasteiger partial charge in [-0.25, -0.2) is 0 Å². The summed E-state index contributed by atoms with van der Waals surface area (Å²) in [5, 5.41) is 0. The van der Waals surface area contributed by atoms with Crippen molar-refractivity contribution < 1.29 is 9.47 Å². The van der Waals surface area contributed by atoms with Crippen LogP contribution in [-0.4, -0.2) is 24.9 Å². The third-order valence-corrected chi connectivity index (χ3v) is 2.34. The lowest BCUT2D eigenvalue weighted by Crippen LogP contribution is -2.40. The Bertz CT molecular complexity index is 108. The minimum Gasteiger partial charge on any atom is -0.378 e. The smallest absolute Gasteiger partial charge is 0.0625 e. The molecule has 3 atom stereocenters. The first kappa shape index (κ1) is 6.62. The second-order valence-electron chi connectivity index (χ2n) is 3.32. The van der Waals surface area contributed by atoms with Gasteiger partial charge in [-0.15, -0.1) is 0 Å².